The van der Waals surface area contributed by atoms with E-state index >= 15 is 0 Å². The molecular weight excluding hydrogens is 202 g/mol. The van der Waals surface area contributed by atoms with Crippen LogP contribution in [0, 0.1) is 5.41 Å². The summed E-state index contributed by atoms with van der Waals surface area (Å²) in [5.74, 6) is 0.386. The summed E-state index contributed by atoms with van der Waals surface area (Å²) >= 11 is 0. The van der Waals surface area contributed by atoms with Crippen molar-refractivity contribution in [2.75, 3.05) is 13.1 Å². The maximum absolute atomic E-state index is 8.77. The van der Waals surface area contributed by atoms with E-state index in [0.717, 1.165) is 25.9 Å². The van der Waals surface area contributed by atoms with E-state index in [4.69, 9.17) is 10.9 Å². The van der Waals surface area contributed by atoms with E-state index in [1.54, 1.807) is 0 Å². The SMILES string of the molecule is CCC(CC)N1CCC(C)(C(N)=NO)CC1. The van der Waals surface area contributed by atoms with Crippen LogP contribution >= 0.6 is 0 Å². The topological polar surface area (TPSA) is 61.8 Å². The molecule has 0 saturated carbocycles. The summed E-state index contributed by atoms with van der Waals surface area (Å²) in [5, 5.41) is 11.9. The van der Waals surface area contributed by atoms with E-state index in [9.17, 15) is 0 Å². The molecular formula is C12H25N3O. The van der Waals surface area contributed by atoms with E-state index in [1.165, 1.54) is 12.8 Å². The van der Waals surface area contributed by atoms with Crippen LogP contribution in [0.4, 0.5) is 0 Å². The van der Waals surface area contributed by atoms with Gasteiger partial charge in [-0.3, -0.25) is 0 Å². The van der Waals surface area contributed by atoms with Crippen molar-refractivity contribution in [1.29, 1.82) is 0 Å². The monoisotopic (exact) mass is 227 g/mol. The van der Waals surface area contributed by atoms with Gasteiger partial charge in [0.15, 0.2) is 0 Å². The van der Waals surface area contributed by atoms with E-state index in [0.29, 0.717) is 11.9 Å². The molecule has 94 valence electrons. The van der Waals surface area contributed by atoms with Crippen LogP contribution in [0.25, 0.3) is 0 Å². The van der Waals surface area contributed by atoms with Crippen LogP contribution in [0.15, 0.2) is 5.16 Å². The summed E-state index contributed by atoms with van der Waals surface area (Å²) in [4.78, 5) is 2.53. The molecule has 0 spiro atoms. The van der Waals surface area contributed by atoms with Gasteiger partial charge in [-0.15, -0.1) is 0 Å². The Hall–Kier alpha value is -0.770. The normalized spacial score (nSPS) is 22.6. The van der Waals surface area contributed by atoms with Gasteiger partial charge in [0, 0.05) is 11.5 Å². The van der Waals surface area contributed by atoms with Gasteiger partial charge < -0.3 is 15.8 Å². The Morgan fingerprint density at radius 1 is 1.38 bits per heavy atom. The molecule has 1 aliphatic rings. The molecule has 0 unspecified atom stereocenters. The Bertz CT molecular complexity index is 241. The van der Waals surface area contributed by atoms with Gasteiger partial charge in [-0.2, -0.15) is 0 Å². The van der Waals surface area contributed by atoms with Gasteiger partial charge in [0.05, 0.1) is 0 Å². The van der Waals surface area contributed by atoms with Crippen LogP contribution in [0.5, 0.6) is 0 Å². The second-order valence-electron chi connectivity index (χ2n) is 5.05. The molecule has 0 aromatic heterocycles. The van der Waals surface area contributed by atoms with Crippen LogP contribution in [-0.4, -0.2) is 35.1 Å². The minimum atomic E-state index is -0.114. The van der Waals surface area contributed by atoms with Crippen molar-refractivity contribution in [3.8, 4) is 0 Å². The molecule has 1 heterocycles. The molecule has 16 heavy (non-hydrogen) atoms. The van der Waals surface area contributed by atoms with Crippen molar-refractivity contribution in [2.45, 2.75) is 52.5 Å². The summed E-state index contributed by atoms with van der Waals surface area (Å²) in [6.45, 7) is 8.68. The van der Waals surface area contributed by atoms with Crippen LogP contribution in [0.2, 0.25) is 0 Å². The quantitative estimate of drug-likeness (QED) is 0.334. The average Bonchev–Trinajstić information content (AvgIpc) is 2.32. The molecule has 0 radical (unpaired) electrons. The van der Waals surface area contributed by atoms with Gasteiger partial charge in [0.2, 0.25) is 0 Å². The lowest BCUT2D eigenvalue weighted by Gasteiger charge is -2.41. The molecule has 4 nitrogen and oxygen atoms in total. The van der Waals surface area contributed by atoms with Crippen LogP contribution in [0.1, 0.15) is 46.5 Å². The third kappa shape index (κ3) is 2.67. The second kappa shape index (κ2) is 5.53. The number of rotatable bonds is 4. The fraction of sp³-hybridized carbons (Fsp3) is 0.917. The third-order valence-electron chi connectivity index (χ3n) is 4.09. The van der Waals surface area contributed by atoms with Crippen molar-refractivity contribution in [1.82, 2.24) is 4.90 Å². The lowest BCUT2D eigenvalue weighted by molar-refractivity contribution is 0.109. The summed E-state index contributed by atoms with van der Waals surface area (Å²) in [6.07, 6.45) is 4.38. The van der Waals surface area contributed by atoms with Crippen molar-refractivity contribution in [2.24, 2.45) is 16.3 Å². The number of likely N-dealkylation sites (tertiary alicyclic amines) is 1. The molecule has 1 rings (SSSR count). The maximum Gasteiger partial charge on any atom is 0.145 e. The highest BCUT2D eigenvalue weighted by atomic mass is 16.4. The zero-order valence-corrected chi connectivity index (χ0v) is 10.7. The Balaban J connectivity index is 2.57. The van der Waals surface area contributed by atoms with Crippen LogP contribution in [-0.2, 0) is 0 Å². The summed E-state index contributed by atoms with van der Waals surface area (Å²) < 4.78 is 0. The molecule has 0 aliphatic carbocycles. The molecule has 1 fully saturated rings. The van der Waals surface area contributed by atoms with Gasteiger partial charge in [-0.05, 0) is 38.8 Å². The largest absolute Gasteiger partial charge is 0.409 e. The molecule has 0 aromatic carbocycles. The number of piperidine rings is 1. The van der Waals surface area contributed by atoms with E-state index in [1.807, 2.05) is 0 Å². The van der Waals surface area contributed by atoms with Gasteiger partial charge in [-0.1, -0.05) is 25.9 Å². The zero-order valence-electron chi connectivity index (χ0n) is 10.7. The Morgan fingerprint density at radius 3 is 2.25 bits per heavy atom. The van der Waals surface area contributed by atoms with Crippen LogP contribution < -0.4 is 5.73 Å². The van der Waals surface area contributed by atoms with E-state index in [2.05, 4.69) is 30.8 Å². The van der Waals surface area contributed by atoms with Gasteiger partial charge in [0.25, 0.3) is 0 Å². The molecule has 3 N–H and O–H groups in total. The first kappa shape index (κ1) is 13.3. The molecule has 0 atom stereocenters. The molecule has 1 saturated heterocycles. The predicted octanol–water partition coefficient (Wildman–Crippen LogP) is 2.02. The molecule has 0 aromatic rings. The number of hydrogen-bond donors (Lipinski definition) is 2. The zero-order chi connectivity index (χ0) is 12.2. The second-order valence-corrected chi connectivity index (χ2v) is 5.05. The number of nitrogens with two attached hydrogens (primary N) is 1. The van der Waals surface area contributed by atoms with Crippen molar-refractivity contribution >= 4 is 5.84 Å². The van der Waals surface area contributed by atoms with Gasteiger partial charge >= 0.3 is 0 Å². The van der Waals surface area contributed by atoms with Crippen molar-refractivity contribution in [3.05, 3.63) is 0 Å². The summed E-state index contributed by atoms with van der Waals surface area (Å²) in [6, 6.07) is 0.692. The number of nitrogens with zero attached hydrogens (tertiary/aromatic N) is 2. The van der Waals surface area contributed by atoms with Crippen molar-refractivity contribution < 1.29 is 5.21 Å². The maximum atomic E-state index is 8.77. The van der Waals surface area contributed by atoms with Crippen molar-refractivity contribution in [3.63, 3.8) is 0 Å². The third-order valence-corrected chi connectivity index (χ3v) is 4.09. The van der Waals surface area contributed by atoms with E-state index in [-0.39, 0.29) is 5.41 Å². The lowest BCUT2D eigenvalue weighted by atomic mass is 9.79. The fourth-order valence-corrected chi connectivity index (χ4v) is 2.56. The smallest absolute Gasteiger partial charge is 0.145 e. The number of hydrogen-bond acceptors (Lipinski definition) is 3. The summed E-state index contributed by atoms with van der Waals surface area (Å²) in [5.41, 5.74) is 5.64. The highest BCUT2D eigenvalue weighted by Crippen LogP contribution is 2.32. The Labute approximate surface area is 98.5 Å². The standard InChI is InChI=1S/C12H25N3O/c1-4-10(5-2)15-8-6-12(3,7-9-15)11(13)14-16/h10,16H,4-9H2,1-3H3,(H2,13,14). The van der Waals surface area contributed by atoms with Gasteiger partial charge in [0.1, 0.15) is 5.84 Å². The Kier molecular flexibility index (Phi) is 4.59. The summed E-state index contributed by atoms with van der Waals surface area (Å²) in [7, 11) is 0. The minimum Gasteiger partial charge on any atom is -0.409 e. The molecule has 4 heteroatoms. The lowest BCUT2D eigenvalue weighted by Crippen LogP contribution is -2.48. The average molecular weight is 227 g/mol. The first-order valence-electron chi connectivity index (χ1n) is 6.29. The first-order chi connectivity index (χ1) is 7.57. The molecule has 0 amide bonds. The van der Waals surface area contributed by atoms with E-state index < -0.39 is 0 Å². The fourth-order valence-electron chi connectivity index (χ4n) is 2.56. The number of oxime groups is 1. The first-order valence-corrected chi connectivity index (χ1v) is 6.29. The minimum absolute atomic E-state index is 0.114. The highest BCUT2D eigenvalue weighted by Gasteiger charge is 2.35. The Morgan fingerprint density at radius 2 is 1.88 bits per heavy atom. The van der Waals surface area contributed by atoms with Gasteiger partial charge in [-0.25, -0.2) is 0 Å². The van der Waals surface area contributed by atoms with Crippen LogP contribution in [0.3, 0.4) is 0 Å². The predicted molar refractivity (Wildman–Crippen MR) is 66.7 cm³/mol. The molecule has 1 aliphatic heterocycles. The molecule has 0 bridgehead atoms. The highest BCUT2D eigenvalue weighted by molar-refractivity contribution is 5.85. The number of amidine groups is 1.